The smallest absolute Gasteiger partial charge is 0.346 e. The lowest BCUT2D eigenvalue weighted by Crippen LogP contribution is -2.35. The van der Waals surface area contributed by atoms with Crippen molar-refractivity contribution in [1.29, 1.82) is 0 Å². The minimum atomic E-state index is -3.54. The van der Waals surface area contributed by atoms with Gasteiger partial charge in [0.1, 0.15) is 0 Å². The third-order valence-electron chi connectivity index (χ3n) is 3.86. The fourth-order valence-corrected chi connectivity index (χ4v) is 3.98. The van der Waals surface area contributed by atoms with Crippen LogP contribution in [0.15, 0.2) is 29.2 Å². The molecular weight excluding hydrogens is 334 g/mol. The van der Waals surface area contributed by atoms with Crippen LogP contribution in [0.25, 0.3) is 0 Å². The molecule has 1 aromatic carbocycles. The zero-order valence-electron chi connectivity index (χ0n) is 13.7. The van der Waals surface area contributed by atoms with E-state index in [1.807, 2.05) is 0 Å². The number of methoxy groups -OCH3 is 1. The van der Waals surface area contributed by atoms with Crippen LogP contribution in [0.5, 0.6) is 0 Å². The number of piperidine rings is 1. The maximum absolute atomic E-state index is 12.5. The number of hydrogen-bond acceptors (Lipinski definition) is 6. The Balaban J connectivity index is 2.09. The van der Waals surface area contributed by atoms with E-state index in [2.05, 4.69) is 4.74 Å². The topological polar surface area (TPSA) is 90.0 Å². The van der Waals surface area contributed by atoms with Gasteiger partial charge >= 0.3 is 11.9 Å². The Labute approximate surface area is 141 Å². The van der Waals surface area contributed by atoms with Crippen LogP contribution in [0.4, 0.5) is 0 Å². The zero-order chi connectivity index (χ0) is 17.7. The molecule has 0 spiro atoms. The van der Waals surface area contributed by atoms with Gasteiger partial charge in [-0.3, -0.25) is 0 Å². The van der Waals surface area contributed by atoms with Gasteiger partial charge in [-0.1, -0.05) is 6.42 Å². The molecule has 7 nitrogen and oxygen atoms in total. The Morgan fingerprint density at radius 1 is 1.08 bits per heavy atom. The van der Waals surface area contributed by atoms with Gasteiger partial charge in [0.25, 0.3) is 0 Å². The van der Waals surface area contributed by atoms with Gasteiger partial charge in [-0.05, 0) is 44.0 Å². The van der Waals surface area contributed by atoms with Crippen LogP contribution in [-0.2, 0) is 24.3 Å². The molecule has 24 heavy (non-hydrogen) atoms. The number of sulfonamides is 1. The van der Waals surface area contributed by atoms with E-state index in [-0.39, 0.29) is 10.5 Å². The van der Waals surface area contributed by atoms with Crippen LogP contribution >= 0.6 is 0 Å². The lowest BCUT2D eigenvalue weighted by Gasteiger charge is -2.25. The van der Waals surface area contributed by atoms with Crippen molar-refractivity contribution in [3.05, 3.63) is 29.8 Å². The molecule has 0 amide bonds. The number of hydrogen-bond donors (Lipinski definition) is 0. The summed E-state index contributed by atoms with van der Waals surface area (Å²) in [6.45, 7) is 2.43. The number of benzene rings is 1. The predicted molar refractivity (Wildman–Crippen MR) is 85.9 cm³/mol. The maximum Gasteiger partial charge on any atom is 0.346 e. The Hall–Kier alpha value is -1.93. The number of nitrogens with zero attached hydrogens (tertiary/aromatic N) is 1. The van der Waals surface area contributed by atoms with Crippen LogP contribution in [0.1, 0.15) is 36.5 Å². The molecule has 0 bridgehead atoms. The summed E-state index contributed by atoms with van der Waals surface area (Å²) in [7, 11) is -2.34. The van der Waals surface area contributed by atoms with Gasteiger partial charge in [0.15, 0.2) is 6.10 Å². The van der Waals surface area contributed by atoms with Crippen molar-refractivity contribution in [2.45, 2.75) is 37.2 Å². The van der Waals surface area contributed by atoms with Gasteiger partial charge in [-0.25, -0.2) is 18.0 Å². The first-order valence-corrected chi connectivity index (χ1v) is 9.19. The molecule has 1 saturated heterocycles. The normalized spacial score (nSPS) is 17.1. The van der Waals surface area contributed by atoms with E-state index in [1.165, 1.54) is 42.6 Å². The van der Waals surface area contributed by atoms with Crippen molar-refractivity contribution >= 4 is 22.0 Å². The second-order valence-corrected chi connectivity index (χ2v) is 7.50. The molecule has 0 unspecified atom stereocenters. The second kappa shape index (κ2) is 7.76. The summed E-state index contributed by atoms with van der Waals surface area (Å²) < 4.78 is 35.9. The summed E-state index contributed by atoms with van der Waals surface area (Å²) in [6.07, 6.45) is 1.72. The first-order valence-electron chi connectivity index (χ1n) is 7.75. The first kappa shape index (κ1) is 18.4. The summed E-state index contributed by atoms with van der Waals surface area (Å²) in [5, 5.41) is 0. The zero-order valence-corrected chi connectivity index (χ0v) is 14.5. The van der Waals surface area contributed by atoms with Crippen LogP contribution in [0, 0.1) is 0 Å². The van der Waals surface area contributed by atoms with Crippen molar-refractivity contribution in [3.8, 4) is 0 Å². The molecule has 8 heteroatoms. The fourth-order valence-electron chi connectivity index (χ4n) is 2.46. The van der Waals surface area contributed by atoms with E-state index in [0.29, 0.717) is 13.1 Å². The number of carbonyl (C=O) groups is 2. The average Bonchev–Trinajstić information content (AvgIpc) is 2.61. The SMILES string of the molecule is COC(=O)[C@H](C)OC(=O)c1ccc(S(=O)(=O)N2CCCCC2)cc1. The van der Waals surface area contributed by atoms with Crippen molar-refractivity contribution in [2.24, 2.45) is 0 Å². The van der Waals surface area contributed by atoms with Gasteiger partial charge < -0.3 is 9.47 Å². The monoisotopic (exact) mass is 355 g/mol. The molecule has 0 radical (unpaired) electrons. The fraction of sp³-hybridized carbons (Fsp3) is 0.500. The number of ether oxygens (including phenoxy) is 2. The summed E-state index contributed by atoms with van der Waals surface area (Å²) in [5.74, 6) is -1.37. The minimum Gasteiger partial charge on any atom is -0.466 e. The molecule has 1 aliphatic rings. The maximum atomic E-state index is 12.5. The minimum absolute atomic E-state index is 0.141. The average molecular weight is 355 g/mol. The number of esters is 2. The van der Waals surface area contributed by atoms with Crippen LogP contribution < -0.4 is 0 Å². The Morgan fingerprint density at radius 2 is 1.67 bits per heavy atom. The van der Waals surface area contributed by atoms with Crippen LogP contribution in [0.2, 0.25) is 0 Å². The molecule has 1 aliphatic heterocycles. The third-order valence-corrected chi connectivity index (χ3v) is 5.77. The van der Waals surface area contributed by atoms with Crippen molar-refractivity contribution in [1.82, 2.24) is 4.31 Å². The molecule has 1 fully saturated rings. The van der Waals surface area contributed by atoms with Gasteiger partial charge in [0.2, 0.25) is 10.0 Å². The summed E-state index contributed by atoms with van der Waals surface area (Å²) in [5.41, 5.74) is 0.170. The molecule has 0 aliphatic carbocycles. The van der Waals surface area contributed by atoms with E-state index >= 15 is 0 Å². The van der Waals surface area contributed by atoms with Gasteiger partial charge in [-0.2, -0.15) is 4.31 Å². The standard InChI is InChI=1S/C16H21NO6S/c1-12(15(18)22-2)23-16(19)13-6-8-14(9-7-13)24(20,21)17-10-4-3-5-11-17/h6-9,12H,3-5,10-11H2,1-2H3/t12-/m0/s1. The van der Waals surface area contributed by atoms with Crippen LogP contribution in [-0.4, -0.2) is 51.0 Å². The molecule has 0 N–H and O–H groups in total. The highest BCUT2D eigenvalue weighted by Gasteiger charge is 2.26. The molecule has 0 saturated carbocycles. The van der Waals surface area contributed by atoms with Gasteiger partial charge in [-0.15, -0.1) is 0 Å². The lowest BCUT2D eigenvalue weighted by atomic mass is 10.2. The molecule has 1 heterocycles. The van der Waals surface area contributed by atoms with E-state index in [0.717, 1.165) is 19.3 Å². The molecular formula is C16H21NO6S. The molecule has 0 aromatic heterocycles. The Kier molecular flexibility index (Phi) is 5.95. The lowest BCUT2D eigenvalue weighted by molar-refractivity contribution is -0.149. The highest BCUT2D eigenvalue weighted by Crippen LogP contribution is 2.21. The first-order chi connectivity index (χ1) is 11.4. The Morgan fingerprint density at radius 3 is 2.21 bits per heavy atom. The quantitative estimate of drug-likeness (QED) is 0.745. The van der Waals surface area contributed by atoms with Crippen molar-refractivity contribution in [2.75, 3.05) is 20.2 Å². The largest absolute Gasteiger partial charge is 0.466 e. The van der Waals surface area contributed by atoms with E-state index in [1.54, 1.807) is 0 Å². The van der Waals surface area contributed by atoms with Crippen molar-refractivity contribution in [3.63, 3.8) is 0 Å². The molecule has 2 rings (SSSR count). The van der Waals surface area contributed by atoms with Crippen molar-refractivity contribution < 1.29 is 27.5 Å². The third kappa shape index (κ3) is 4.12. The molecule has 1 atom stereocenters. The van der Waals surface area contributed by atoms with Gasteiger partial charge in [0, 0.05) is 13.1 Å². The highest BCUT2D eigenvalue weighted by atomic mass is 32.2. The summed E-state index contributed by atoms with van der Waals surface area (Å²) in [6, 6.07) is 5.51. The van der Waals surface area contributed by atoms with E-state index in [9.17, 15) is 18.0 Å². The summed E-state index contributed by atoms with van der Waals surface area (Å²) >= 11 is 0. The second-order valence-electron chi connectivity index (χ2n) is 5.56. The van der Waals surface area contributed by atoms with Crippen LogP contribution in [0.3, 0.4) is 0 Å². The number of rotatable bonds is 5. The number of carbonyl (C=O) groups excluding carboxylic acids is 2. The molecule has 1 aromatic rings. The van der Waals surface area contributed by atoms with E-state index < -0.39 is 28.1 Å². The van der Waals surface area contributed by atoms with Gasteiger partial charge in [0.05, 0.1) is 17.6 Å². The summed E-state index contributed by atoms with van der Waals surface area (Å²) in [4.78, 5) is 23.3. The molecule has 132 valence electrons. The van der Waals surface area contributed by atoms with E-state index in [4.69, 9.17) is 4.74 Å². The highest BCUT2D eigenvalue weighted by molar-refractivity contribution is 7.89. The predicted octanol–water partition coefficient (Wildman–Crippen LogP) is 1.58. The Bertz CT molecular complexity index is 692.